The topological polar surface area (TPSA) is 66.2 Å². The number of hydrogen-bond acceptors (Lipinski definition) is 5. The third-order valence-corrected chi connectivity index (χ3v) is 2.29. The van der Waals surface area contributed by atoms with Crippen LogP contribution >= 0.6 is 0 Å². The predicted octanol–water partition coefficient (Wildman–Crippen LogP) is -0.323. The van der Waals surface area contributed by atoms with Crippen molar-refractivity contribution in [3.63, 3.8) is 0 Å². The van der Waals surface area contributed by atoms with Gasteiger partial charge in [0.1, 0.15) is 17.8 Å². The number of ether oxygens (including phenoxy) is 2. The van der Waals surface area contributed by atoms with Crippen molar-refractivity contribution < 1.29 is 14.3 Å². The highest BCUT2D eigenvalue weighted by Gasteiger charge is 2.30. The van der Waals surface area contributed by atoms with E-state index < -0.39 is 0 Å². The van der Waals surface area contributed by atoms with Crippen LogP contribution in [0.2, 0.25) is 0 Å². The van der Waals surface area contributed by atoms with E-state index in [-0.39, 0.29) is 12.1 Å². The average molecular weight is 197 g/mol. The molecule has 1 aliphatic rings. The predicted molar refractivity (Wildman–Crippen MR) is 46.1 cm³/mol. The van der Waals surface area contributed by atoms with E-state index in [0.29, 0.717) is 25.2 Å². The normalized spacial score (nSPS) is 26.6. The lowest BCUT2D eigenvalue weighted by molar-refractivity contribution is 0.0661. The Labute approximate surface area is 80.8 Å². The number of aromatic nitrogens is 3. The van der Waals surface area contributed by atoms with Gasteiger partial charge in [0, 0.05) is 7.11 Å². The van der Waals surface area contributed by atoms with Gasteiger partial charge >= 0.3 is 0 Å². The fraction of sp³-hybridized carbons (Fsp3) is 0.625. The SMILES string of the molecule is COC1COCC1n1cc(C=O)nn1. The number of methoxy groups -OCH3 is 1. The molecule has 0 amide bonds. The third kappa shape index (κ3) is 1.53. The molecule has 6 nitrogen and oxygen atoms in total. The summed E-state index contributed by atoms with van der Waals surface area (Å²) in [5, 5.41) is 7.52. The second-order valence-electron chi connectivity index (χ2n) is 3.12. The Morgan fingerprint density at radius 1 is 1.71 bits per heavy atom. The number of rotatable bonds is 3. The maximum absolute atomic E-state index is 10.4. The summed E-state index contributed by atoms with van der Waals surface area (Å²) in [5.74, 6) is 0. The maximum atomic E-state index is 10.4. The molecule has 1 fully saturated rings. The molecular formula is C8H11N3O3. The minimum Gasteiger partial charge on any atom is -0.377 e. The first-order chi connectivity index (χ1) is 6.85. The summed E-state index contributed by atoms with van der Waals surface area (Å²) in [7, 11) is 1.63. The Balaban J connectivity index is 2.17. The summed E-state index contributed by atoms with van der Waals surface area (Å²) in [6, 6.07) is 0.0150. The van der Waals surface area contributed by atoms with Crippen molar-refractivity contribution in [2.75, 3.05) is 20.3 Å². The van der Waals surface area contributed by atoms with Crippen LogP contribution in [0.1, 0.15) is 16.5 Å². The zero-order chi connectivity index (χ0) is 9.97. The van der Waals surface area contributed by atoms with Crippen molar-refractivity contribution in [1.29, 1.82) is 0 Å². The summed E-state index contributed by atoms with van der Waals surface area (Å²) < 4.78 is 12.1. The van der Waals surface area contributed by atoms with Crippen molar-refractivity contribution in [2.24, 2.45) is 0 Å². The number of hydrogen-bond donors (Lipinski definition) is 0. The fourth-order valence-corrected chi connectivity index (χ4v) is 1.50. The Kier molecular flexibility index (Phi) is 2.55. The molecule has 2 heterocycles. The first kappa shape index (κ1) is 9.29. The standard InChI is InChI=1S/C8H11N3O3/c1-13-8-5-14-4-7(8)11-2-6(3-12)9-10-11/h2-3,7-8H,4-5H2,1H3. The van der Waals surface area contributed by atoms with Gasteiger partial charge in [0.15, 0.2) is 6.29 Å². The molecule has 0 aliphatic carbocycles. The molecule has 0 spiro atoms. The summed E-state index contributed by atoms with van der Waals surface area (Å²) in [5.41, 5.74) is 0.326. The van der Waals surface area contributed by atoms with Gasteiger partial charge in [0.25, 0.3) is 0 Å². The average Bonchev–Trinajstić information content (AvgIpc) is 2.85. The van der Waals surface area contributed by atoms with E-state index in [1.165, 1.54) is 0 Å². The number of aldehydes is 1. The van der Waals surface area contributed by atoms with Gasteiger partial charge in [-0.05, 0) is 0 Å². The van der Waals surface area contributed by atoms with Gasteiger partial charge in [0.2, 0.25) is 0 Å². The lowest BCUT2D eigenvalue weighted by atomic mass is 10.2. The highest BCUT2D eigenvalue weighted by atomic mass is 16.5. The summed E-state index contributed by atoms with van der Waals surface area (Å²) in [4.78, 5) is 10.4. The van der Waals surface area contributed by atoms with E-state index in [2.05, 4.69) is 10.3 Å². The van der Waals surface area contributed by atoms with Gasteiger partial charge in [-0.2, -0.15) is 0 Å². The zero-order valence-corrected chi connectivity index (χ0v) is 7.79. The lowest BCUT2D eigenvalue weighted by Crippen LogP contribution is -2.24. The van der Waals surface area contributed by atoms with Gasteiger partial charge < -0.3 is 9.47 Å². The van der Waals surface area contributed by atoms with Crippen LogP contribution in [0.15, 0.2) is 6.20 Å². The van der Waals surface area contributed by atoms with E-state index in [9.17, 15) is 4.79 Å². The Morgan fingerprint density at radius 3 is 3.21 bits per heavy atom. The van der Waals surface area contributed by atoms with Crippen LogP contribution in [0.3, 0.4) is 0 Å². The molecule has 0 N–H and O–H groups in total. The van der Waals surface area contributed by atoms with Crippen LogP contribution in [-0.2, 0) is 9.47 Å². The second kappa shape index (κ2) is 3.85. The van der Waals surface area contributed by atoms with Crippen molar-refractivity contribution in [3.05, 3.63) is 11.9 Å². The van der Waals surface area contributed by atoms with Crippen molar-refractivity contribution in [3.8, 4) is 0 Å². The molecular weight excluding hydrogens is 186 g/mol. The lowest BCUT2D eigenvalue weighted by Gasteiger charge is -2.14. The van der Waals surface area contributed by atoms with Crippen LogP contribution in [-0.4, -0.2) is 47.7 Å². The summed E-state index contributed by atoms with van der Waals surface area (Å²) >= 11 is 0. The van der Waals surface area contributed by atoms with E-state index >= 15 is 0 Å². The molecule has 2 unspecified atom stereocenters. The summed E-state index contributed by atoms with van der Waals surface area (Å²) in [6.07, 6.45) is 2.25. The minimum absolute atomic E-state index is 0.0150. The van der Waals surface area contributed by atoms with Crippen molar-refractivity contribution in [1.82, 2.24) is 15.0 Å². The number of nitrogens with zero attached hydrogens (tertiary/aromatic N) is 3. The Hall–Kier alpha value is -1.27. The van der Waals surface area contributed by atoms with Gasteiger partial charge in [-0.3, -0.25) is 4.79 Å². The smallest absolute Gasteiger partial charge is 0.171 e. The number of carbonyl (C=O) groups excluding carboxylic acids is 1. The van der Waals surface area contributed by atoms with Crippen LogP contribution < -0.4 is 0 Å². The molecule has 1 aromatic heterocycles. The van der Waals surface area contributed by atoms with E-state index in [1.807, 2.05) is 0 Å². The molecule has 2 rings (SSSR count). The molecule has 14 heavy (non-hydrogen) atoms. The van der Waals surface area contributed by atoms with E-state index in [0.717, 1.165) is 0 Å². The van der Waals surface area contributed by atoms with Gasteiger partial charge in [-0.1, -0.05) is 5.21 Å². The molecule has 0 aromatic carbocycles. The monoisotopic (exact) mass is 197 g/mol. The van der Waals surface area contributed by atoms with E-state index in [4.69, 9.17) is 9.47 Å². The quantitative estimate of drug-likeness (QED) is 0.621. The maximum Gasteiger partial charge on any atom is 0.171 e. The first-order valence-electron chi connectivity index (χ1n) is 4.32. The van der Waals surface area contributed by atoms with Gasteiger partial charge in [-0.15, -0.1) is 5.10 Å². The summed E-state index contributed by atoms with van der Waals surface area (Å²) in [6.45, 7) is 1.09. The molecule has 0 bridgehead atoms. The molecule has 1 saturated heterocycles. The minimum atomic E-state index is -0.0174. The zero-order valence-electron chi connectivity index (χ0n) is 7.79. The van der Waals surface area contributed by atoms with Crippen molar-refractivity contribution in [2.45, 2.75) is 12.1 Å². The van der Waals surface area contributed by atoms with Crippen LogP contribution in [0.25, 0.3) is 0 Å². The van der Waals surface area contributed by atoms with Crippen LogP contribution in [0.5, 0.6) is 0 Å². The third-order valence-electron chi connectivity index (χ3n) is 2.29. The van der Waals surface area contributed by atoms with Gasteiger partial charge in [0.05, 0.1) is 19.4 Å². The first-order valence-corrected chi connectivity index (χ1v) is 4.32. The van der Waals surface area contributed by atoms with Gasteiger partial charge in [-0.25, -0.2) is 4.68 Å². The molecule has 0 saturated carbocycles. The Morgan fingerprint density at radius 2 is 2.57 bits per heavy atom. The molecule has 2 atom stereocenters. The largest absolute Gasteiger partial charge is 0.377 e. The number of carbonyl (C=O) groups is 1. The molecule has 6 heteroatoms. The van der Waals surface area contributed by atoms with Crippen LogP contribution in [0.4, 0.5) is 0 Å². The van der Waals surface area contributed by atoms with Crippen molar-refractivity contribution >= 4 is 6.29 Å². The second-order valence-corrected chi connectivity index (χ2v) is 3.12. The fourth-order valence-electron chi connectivity index (χ4n) is 1.50. The molecule has 1 aromatic rings. The molecule has 0 radical (unpaired) electrons. The van der Waals surface area contributed by atoms with E-state index in [1.54, 1.807) is 18.0 Å². The molecule has 76 valence electrons. The molecule has 1 aliphatic heterocycles. The van der Waals surface area contributed by atoms with Crippen LogP contribution in [0, 0.1) is 0 Å². The highest BCUT2D eigenvalue weighted by molar-refractivity contribution is 5.70. The highest BCUT2D eigenvalue weighted by Crippen LogP contribution is 2.20. The Bertz CT molecular complexity index is 325.